The van der Waals surface area contributed by atoms with E-state index in [-0.39, 0.29) is 0 Å². The monoisotopic (exact) mass is 332 g/mol. The van der Waals surface area contributed by atoms with Gasteiger partial charge in [-0.05, 0) is 36.6 Å². The number of rotatable bonds is 6. The molecule has 1 atom stereocenters. The first-order chi connectivity index (χ1) is 9.89. The van der Waals surface area contributed by atoms with Gasteiger partial charge < -0.3 is 8.23 Å². The van der Waals surface area contributed by atoms with Crippen LogP contribution in [-0.4, -0.2) is 26.6 Å². The highest BCUT2D eigenvalue weighted by molar-refractivity contribution is 6.91. The largest absolute Gasteiger partial charge is 0.434 e. The first-order valence-electron chi connectivity index (χ1n) is 7.33. The molecule has 0 heterocycles. The molecule has 0 amide bonds. The summed E-state index contributed by atoms with van der Waals surface area (Å²) in [6.45, 7) is 8.88. The van der Waals surface area contributed by atoms with E-state index in [0.717, 1.165) is 0 Å². The molecule has 0 saturated heterocycles. The Hall–Kier alpha value is -0.989. The second kappa shape index (κ2) is 6.85. The molecule has 0 saturated carbocycles. The molecule has 0 aliphatic heterocycles. The van der Waals surface area contributed by atoms with Crippen molar-refractivity contribution in [2.24, 2.45) is 0 Å². The fourth-order valence-corrected chi connectivity index (χ4v) is 11.9. The lowest BCUT2D eigenvalue weighted by Crippen LogP contribution is -2.57. The molecule has 2 nitrogen and oxygen atoms in total. The van der Waals surface area contributed by atoms with Crippen molar-refractivity contribution < 1.29 is 8.23 Å². The quantitative estimate of drug-likeness (QED) is 0.755. The van der Waals surface area contributed by atoms with Gasteiger partial charge in [-0.1, -0.05) is 60.7 Å². The lowest BCUT2D eigenvalue weighted by molar-refractivity contribution is 0.423. The van der Waals surface area contributed by atoms with E-state index in [1.807, 2.05) is 12.1 Å². The molecular formula is C16H24O2Si3. The Kier molecular flexibility index (Phi) is 5.34. The molecule has 112 valence electrons. The van der Waals surface area contributed by atoms with Crippen LogP contribution in [0.2, 0.25) is 26.2 Å². The minimum atomic E-state index is -2.32. The summed E-state index contributed by atoms with van der Waals surface area (Å²) in [5, 5.41) is 2.56. The SMILES string of the molecule is C[Si](C)(C)O[Si](C)(O[SiH2]c1ccccc1)c1ccccc1. The fourth-order valence-electron chi connectivity index (χ4n) is 2.29. The minimum Gasteiger partial charge on any atom is -0.434 e. The van der Waals surface area contributed by atoms with Crippen LogP contribution in [0, 0.1) is 0 Å². The van der Waals surface area contributed by atoms with Gasteiger partial charge in [-0.2, -0.15) is 0 Å². The van der Waals surface area contributed by atoms with E-state index in [1.54, 1.807) is 0 Å². The zero-order chi connectivity index (χ0) is 15.3. The molecule has 2 aromatic rings. The van der Waals surface area contributed by atoms with E-state index in [0.29, 0.717) is 0 Å². The summed E-state index contributed by atoms with van der Waals surface area (Å²) in [6, 6.07) is 21.0. The van der Waals surface area contributed by atoms with Crippen molar-refractivity contribution in [2.75, 3.05) is 0 Å². The highest BCUT2D eigenvalue weighted by atomic mass is 28.5. The van der Waals surface area contributed by atoms with E-state index in [9.17, 15) is 0 Å². The van der Waals surface area contributed by atoms with Gasteiger partial charge in [-0.15, -0.1) is 0 Å². The Labute approximate surface area is 132 Å². The van der Waals surface area contributed by atoms with Crippen molar-refractivity contribution in [2.45, 2.75) is 26.2 Å². The smallest absolute Gasteiger partial charge is 0.348 e. The second-order valence-corrected chi connectivity index (χ2v) is 16.1. The van der Waals surface area contributed by atoms with Crippen molar-refractivity contribution in [3.8, 4) is 0 Å². The van der Waals surface area contributed by atoms with Crippen LogP contribution in [0.3, 0.4) is 0 Å². The van der Waals surface area contributed by atoms with E-state index in [2.05, 4.69) is 74.7 Å². The third-order valence-electron chi connectivity index (χ3n) is 3.16. The molecule has 1 unspecified atom stereocenters. The van der Waals surface area contributed by atoms with Crippen LogP contribution in [0.15, 0.2) is 60.7 Å². The molecule has 0 aliphatic rings. The first-order valence-corrected chi connectivity index (χ1v) is 14.3. The molecule has 0 radical (unpaired) electrons. The highest BCUT2D eigenvalue weighted by Crippen LogP contribution is 2.15. The van der Waals surface area contributed by atoms with Gasteiger partial charge in [0.1, 0.15) is 0 Å². The van der Waals surface area contributed by atoms with Crippen molar-refractivity contribution in [1.82, 2.24) is 0 Å². The van der Waals surface area contributed by atoms with E-state index >= 15 is 0 Å². The Morgan fingerprint density at radius 1 is 0.762 bits per heavy atom. The molecule has 21 heavy (non-hydrogen) atoms. The van der Waals surface area contributed by atoms with Gasteiger partial charge in [0.25, 0.3) is 0 Å². The van der Waals surface area contributed by atoms with Crippen LogP contribution >= 0.6 is 0 Å². The number of hydrogen-bond donors (Lipinski definition) is 0. The van der Waals surface area contributed by atoms with Crippen LogP contribution in [-0.2, 0) is 8.23 Å². The number of hydrogen-bond acceptors (Lipinski definition) is 2. The van der Waals surface area contributed by atoms with Gasteiger partial charge in [-0.3, -0.25) is 0 Å². The predicted molar refractivity (Wildman–Crippen MR) is 97.8 cm³/mol. The third kappa shape index (κ3) is 5.05. The summed E-state index contributed by atoms with van der Waals surface area (Å²) in [6.07, 6.45) is 0. The maximum Gasteiger partial charge on any atom is 0.348 e. The van der Waals surface area contributed by atoms with Crippen molar-refractivity contribution in [3.63, 3.8) is 0 Å². The lowest BCUT2D eigenvalue weighted by Gasteiger charge is -2.34. The minimum absolute atomic E-state index is 0.769. The van der Waals surface area contributed by atoms with Gasteiger partial charge in [0.15, 0.2) is 18.1 Å². The molecular weight excluding hydrogens is 308 g/mol. The Balaban J connectivity index is 2.20. The molecule has 5 heteroatoms. The standard InChI is InChI=1S/C16H24O2Si3/c1-20(2,3)18-21(4,16-13-9-6-10-14-16)17-19-15-11-7-5-8-12-15/h5-14H,19H2,1-4H3. The molecule has 0 spiro atoms. The molecule has 0 aliphatic carbocycles. The van der Waals surface area contributed by atoms with Crippen molar-refractivity contribution in [1.29, 1.82) is 0 Å². The zero-order valence-corrected chi connectivity index (χ0v) is 16.7. The summed E-state index contributed by atoms with van der Waals surface area (Å²) in [5.74, 6) is 0. The van der Waals surface area contributed by atoms with Gasteiger partial charge in [0.05, 0.1) is 0 Å². The maximum atomic E-state index is 6.52. The van der Waals surface area contributed by atoms with E-state index in [1.165, 1.54) is 10.4 Å². The van der Waals surface area contributed by atoms with E-state index in [4.69, 9.17) is 8.23 Å². The van der Waals surface area contributed by atoms with Crippen molar-refractivity contribution >= 4 is 37.0 Å². The lowest BCUT2D eigenvalue weighted by atomic mass is 10.4. The summed E-state index contributed by atoms with van der Waals surface area (Å²) in [7, 11) is -4.74. The molecule has 0 bridgehead atoms. The average molecular weight is 333 g/mol. The average Bonchev–Trinajstić information content (AvgIpc) is 2.46. The Bertz CT molecular complexity index is 555. The summed E-state index contributed by atoms with van der Waals surface area (Å²) in [4.78, 5) is 0. The summed E-state index contributed by atoms with van der Waals surface area (Å²) >= 11 is 0. The first kappa shape index (κ1) is 16.4. The second-order valence-electron chi connectivity index (χ2n) is 6.30. The number of benzene rings is 2. The van der Waals surface area contributed by atoms with Crippen LogP contribution in [0.4, 0.5) is 0 Å². The highest BCUT2D eigenvalue weighted by Gasteiger charge is 2.38. The molecule has 0 fully saturated rings. The van der Waals surface area contributed by atoms with Gasteiger partial charge >= 0.3 is 8.56 Å². The Morgan fingerprint density at radius 2 is 1.29 bits per heavy atom. The molecule has 2 rings (SSSR count). The molecule has 0 N–H and O–H groups in total. The van der Waals surface area contributed by atoms with Crippen LogP contribution < -0.4 is 10.4 Å². The molecule has 0 aromatic heterocycles. The zero-order valence-electron chi connectivity index (χ0n) is 13.3. The molecule has 2 aromatic carbocycles. The van der Waals surface area contributed by atoms with Crippen LogP contribution in [0.25, 0.3) is 0 Å². The normalized spacial score (nSPS) is 15.2. The van der Waals surface area contributed by atoms with Gasteiger partial charge in [-0.25, -0.2) is 0 Å². The fraction of sp³-hybridized carbons (Fsp3) is 0.250. The summed E-state index contributed by atoms with van der Waals surface area (Å²) < 4.78 is 13.0. The predicted octanol–water partition coefficient (Wildman–Crippen LogP) is 2.24. The Morgan fingerprint density at radius 3 is 1.81 bits per heavy atom. The maximum absolute atomic E-state index is 6.52. The van der Waals surface area contributed by atoms with Crippen LogP contribution in [0.1, 0.15) is 0 Å². The third-order valence-corrected chi connectivity index (χ3v) is 12.1. The van der Waals surface area contributed by atoms with Crippen molar-refractivity contribution in [3.05, 3.63) is 60.7 Å². The summed E-state index contributed by atoms with van der Waals surface area (Å²) in [5.41, 5.74) is 0. The van der Waals surface area contributed by atoms with Gasteiger partial charge in [0, 0.05) is 0 Å². The van der Waals surface area contributed by atoms with E-state index < -0.39 is 26.6 Å². The van der Waals surface area contributed by atoms with Crippen LogP contribution in [0.5, 0.6) is 0 Å². The topological polar surface area (TPSA) is 18.5 Å². The van der Waals surface area contributed by atoms with Gasteiger partial charge in [0.2, 0.25) is 0 Å².